The minimum absolute atomic E-state index is 0.0452. The lowest BCUT2D eigenvalue weighted by molar-refractivity contribution is 0.147. The van der Waals surface area contributed by atoms with E-state index in [4.69, 9.17) is 5.73 Å². The molecule has 3 aromatic rings. The van der Waals surface area contributed by atoms with Gasteiger partial charge in [-0.2, -0.15) is 5.10 Å². The second-order valence-electron chi connectivity index (χ2n) is 4.19. The maximum Gasteiger partial charge on any atom is 0.282 e. The van der Waals surface area contributed by atoms with E-state index in [1.807, 2.05) is 0 Å². The molecular weight excluding hydrogens is 287 g/mol. The molecule has 0 saturated carbocycles. The Balaban J connectivity index is 2.33. The number of alkyl halides is 2. The van der Waals surface area contributed by atoms with Gasteiger partial charge in [0.15, 0.2) is 17.2 Å². The number of benzene rings is 1. The van der Waals surface area contributed by atoms with Gasteiger partial charge < -0.3 is 10.8 Å². The van der Waals surface area contributed by atoms with Crippen molar-refractivity contribution in [2.24, 2.45) is 0 Å². The van der Waals surface area contributed by atoms with Gasteiger partial charge in [-0.1, -0.05) is 0 Å². The van der Waals surface area contributed by atoms with E-state index in [0.29, 0.717) is 0 Å². The van der Waals surface area contributed by atoms with Gasteiger partial charge >= 0.3 is 0 Å². The van der Waals surface area contributed by atoms with Crippen LogP contribution in [-0.2, 0) is 0 Å². The SMILES string of the molecule is Nc1ncnc2c1c(C(F)F)nn2-c1ccc(F)c(O)c1. The zero-order valence-electron chi connectivity index (χ0n) is 10.3. The number of phenols is 1. The lowest BCUT2D eigenvalue weighted by Crippen LogP contribution is -1.99. The molecule has 0 saturated heterocycles. The number of aromatic hydroxyl groups is 1. The van der Waals surface area contributed by atoms with Gasteiger partial charge in [0.25, 0.3) is 6.43 Å². The maximum atomic E-state index is 13.1. The molecule has 3 N–H and O–H groups in total. The van der Waals surface area contributed by atoms with Gasteiger partial charge in [0.05, 0.1) is 11.1 Å². The van der Waals surface area contributed by atoms with Crippen molar-refractivity contribution in [1.29, 1.82) is 0 Å². The number of hydrogen-bond acceptors (Lipinski definition) is 5. The Kier molecular flexibility index (Phi) is 2.89. The number of nitrogens with zero attached hydrogens (tertiary/aromatic N) is 4. The quantitative estimate of drug-likeness (QED) is 0.756. The van der Waals surface area contributed by atoms with E-state index in [1.54, 1.807) is 0 Å². The zero-order chi connectivity index (χ0) is 15.1. The van der Waals surface area contributed by atoms with E-state index in [2.05, 4.69) is 15.1 Å². The van der Waals surface area contributed by atoms with Crippen LogP contribution in [0.25, 0.3) is 16.7 Å². The van der Waals surface area contributed by atoms with Crippen LogP contribution in [-0.4, -0.2) is 24.9 Å². The fourth-order valence-electron chi connectivity index (χ4n) is 1.97. The van der Waals surface area contributed by atoms with E-state index >= 15 is 0 Å². The summed E-state index contributed by atoms with van der Waals surface area (Å²) in [6.45, 7) is 0. The fraction of sp³-hybridized carbons (Fsp3) is 0.0833. The van der Waals surface area contributed by atoms with Crippen molar-refractivity contribution < 1.29 is 18.3 Å². The fourth-order valence-corrected chi connectivity index (χ4v) is 1.97. The van der Waals surface area contributed by atoms with Crippen LogP contribution in [0.2, 0.25) is 0 Å². The van der Waals surface area contributed by atoms with Gasteiger partial charge in [-0.25, -0.2) is 27.8 Å². The molecule has 0 bridgehead atoms. The van der Waals surface area contributed by atoms with Gasteiger partial charge in [0.2, 0.25) is 0 Å². The summed E-state index contributed by atoms with van der Waals surface area (Å²) in [5, 5.41) is 13.1. The highest BCUT2D eigenvalue weighted by Crippen LogP contribution is 2.31. The smallest absolute Gasteiger partial charge is 0.282 e. The van der Waals surface area contributed by atoms with Gasteiger partial charge in [0, 0.05) is 6.07 Å². The molecule has 0 unspecified atom stereocenters. The minimum atomic E-state index is -2.88. The molecule has 2 heterocycles. The van der Waals surface area contributed by atoms with E-state index < -0.39 is 23.7 Å². The predicted octanol–water partition coefficient (Wildman–Crippen LogP) is 2.18. The summed E-state index contributed by atoms with van der Waals surface area (Å²) in [6, 6.07) is 3.31. The second-order valence-corrected chi connectivity index (χ2v) is 4.19. The first kappa shape index (κ1) is 13.2. The Morgan fingerprint density at radius 1 is 1.24 bits per heavy atom. The summed E-state index contributed by atoms with van der Waals surface area (Å²) in [5.74, 6) is -1.59. The number of anilines is 1. The number of nitrogen functional groups attached to an aromatic ring is 1. The molecule has 1 aromatic carbocycles. The van der Waals surface area contributed by atoms with Crippen molar-refractivity contribution in [3.05, 3.63) is 36.0 Å². The molecule has 0 atom stereocenters. The van der Waals surface area contributed by atoms with Crippen LogP contribution in [0, 0.1) is 5.82 Å². The number of phenolic OH excluding ortho intramolecular Hbond substituents is 1. The molecule has 0 fully saturated rings. The molecule has 0 amide bonds. The van der Waals surface area contributed by atoms with Crippen molar-refractivity contribution in [3.63, 3.8) is 0 Å². The molecule has 21 heavy (non-hydrogen) atoms. The van der Waals surface area contributed by atoms with Crippen LogP contribution >= 0.6 is 0 Å². The Hall–Kier alpha value is -2.84. The van der Waals surface area contributed by atoms with Crippen molar-refractivity contribution >= 4 is 16.9 Å². The maximum absolute atomic E-state index is 13.1. The molecular formula is C12H8F3N5O. The molecule has 2 aromatic heterocycles. The normalized spacial score (nSPS) is 11.4. The molecule has 6 nitrogen and oxygen atoms in total. The standard InChI is InChI=1S/C12H8F3N5O/c13-6-2-1-5(3-7(6)21)20-12-8(9(19-20)10(14)15)11(16)17-4-18-12/h1-4,10,21H,(H2,16,17,18). The van der Waals surface area contributed by atoms with Gasteiger partial charge in [-0.05, 0) is 12.1 Å². The summed E-state index contributed by atoms with van der Waals surface area (Å²) < 4.78 is 40.2. The summed E-state index contributed by atoms with van der Waals surface area (Å²) >= 11 is 0. The van der Waals surface area contributed by atoms with Crippen molar-refractivity contribution in [3.8, 4) is 11.4 Å². The topological polar surface area (TPSA) is 89.9 Å². The third-order valence-corrected chi connectivity index (χ3v) is 2.90. The van der Waals surface area contributed by atoms with E-state index in [0.717, 1.165) is 23.1 Å². The molecule has 3 rings (SSSR count). The lowest BCUT2D eigenvalue weighted by atomic mass is 10.2. The Bertz CT molecular complexity index is 833. The van der Waals surface area contributed by atoms with Crippen molar-refractivity contribution in [2.75, 3.05) is 5.73 Å². The van der Waals surface area contributed by atoms with Crippen LogP contribution in [0.1, 0.15) is 12.1 Å². The average Bonchev–Trinajstić information content (AvgIpc) is 2.83. The van der Waals surface area contributed by atoms with Crippen molar-refractivity contribution in [2.45, 2.75) is 6.43 Å². The molecule has 0 aliphatic heterocycles. The molecule has 0 radical (unpaired) electrons. The van der Waals surface area contributed by atoms with E-state index in [1.165, 1.54) is 6.07 Å². The average molecular weight is 295 g/mol. The van der Waals surface area contributed by atoms with E-state index in [9.17, 15) is 18.3 Å². The Morgan fingerprint density at radius 3 is 2.67 bits per heavy atom. The highest BCUT2D eigenvalue weighted by Gasteiger charge is 2.23. The first-order chi connectivity index (χ1) is 9.99. The summed E-state index contributed by atoms with van der Waals surface area (Å²) in [6.07, 6.45) is -1.77. The summed E-state index contributed by atoms with van der Waals surface area (Å²) in [7, 11) is 0. The molecule has 108 valence electrons. The molecule has 0 aliphatic carbocycles. The van der Waals surface area contributed by atoms with Crippen LogP contribution < -0.4 is 5.73 Å². The molecule has 0 spiro atoms. The summed E-state index contributed by atoms with van der Waals surface area (Å²) in [4.78, 5) is 7.53. The monoisotopic (exact) mass is 295 g/mol. The number of aromatic nitrogens is 4. The van der Waals surface area contributed by atoms with Gasteiger partial charge in [0.1, 0.15) is 17.8 Å². The van der Waals surface area contributed by atoms with Gasteiger partial charge in [-0.3, -0.25) is 0 Å². The van der Waals surface area contributed by atoms with E-state index in [-0.39, 0.29) is 22.5 Å². The predicted molar refractivity (Wildman–Crippen MR) is 67.7 cm³/mol. The third-order valence-electron chi connectivity index (χ3n) is 2.90. The van der Waals surface area contributed by atoms with Crippen LogP contribution in [0.4, 0.5) is 19.0 Å². The minimum Gasteiger partial charge on any atom is -0.505 e. The number of rotatable bonds is 2. The van der Waals surface area contributed by atoms with Gasteiger partial charge in [-0.15, -0.1) is 0 Å². The lowest BCUT2D eigenvalue weighted by Gasteiger charge is -2.04. The third kappa shape index (κ3) is 2.02. The highest BCUT2D eigenvalue weighted by molar-refractivity contribution is 5.89. The van der Waals surface area contributed by atoms with Crippen LogP contribution in [0.3, 0.4) is 0 Å². The largest absolute Gasteiger partial charge is 0.505 e. The number of halogens is 3. The van der Waals surface area contributed by atoms with Crippen LogP contribution in [0.5, 0.6) is 5.75 Å². The number of nitrogens with two attached hydrogens (primary N) is 1. The first-order valence-corrected chi connectivity index (χ1v) is 5.75. The number of hydrogen-bond donors (Lipinski definition) is 2. The van der Waals surface area contributed by atoms with Crippen molar-refractivity contribution in [1.82, 2.24) is 19.7 Å². The zero-order valence-corrected chi connectivity index (χ0v) is 10.3. The second kappa shape index (κ2) is 4.62. The van der Waals surface area contributed by atoms with Crippen LogP contribution in [0.15, 0.2) is 24.5 Å². The first-order valence-electron chi connectivity index (χ1n) is 5.75. The molecule has 0 aliphatic rings. The molecule has 9 heteroatoms. The summed E-state index contributed by atoms with van der Waals surface area (Å²) in [5.41, 5.74) is 5.23. The highest BCUT2D eigenvalue weighted by atomic mass is 19.3. The number of fused-ring (bicyclic) bond motifs is 1. The Morgan fingerprint density at radius 2 is 2.00 bits per heavy atom. The Labute approximate surface area is 115 Å².